The molecule has 0 aliphatic carbocycles. The van der Waals surface area contributed by atoms with E-state index in [9.17, 15) is 0 Å². The summed E-state index contributed by atoms with van der Waals surface area (Å²) in [5, 5.41) is 0.651. The summed E-state index contributed by atoms with van der Waals surface area (Å²) in [6.45, 7) is 1.96. The SMILES string of the molecule is COc1ccc(Cl)cc1-n1c(C)c[nH]c1=S. The molecule has 3 nitrogen and oxygen atoms in total. The molecule has 1 heterocycles. The van der Waals surface area contributed by atoms with Gasteiger partial charge in [0, 0.05) is 16.9 Å². The van der Waals surface area contributed by atoms with Gasteiger partial charge in [-0.2, -0.15) is 0 Å². The number of aromatic nitrogens is 2. The lowest BCUT2D eigenvalue weighted by atomic mass is 10.3. The smallest absolute Gasteiger partial charge is 0.182 e. The summed E-state index contributed by atoms with van der Waals surface area (Å²) < 4.78 is 7.81. The lowest BCUT2D eigenvalue weighted by Crippen LogP contribution is -1.99. The number of methoxy groups -OCH3 is 1. The topological polar surface area (TPSA) is 29.9 Å². The molecule has 1 aromatic heterocycles. The van der Waals surface area contributed by atoms with Gasteiger partial charge in [-0.25, -0.2) is 0 Å². The first-order valence-electron chi connectivity index (χ1n) is 4.74. The van der Waals surface area contributed by atoms with Crippen molar-refractivity contribution in [1.29, 1.82) is 0 Å². The Bertz CT molecular complexity index is 574. The molecule has 0 saturated carbocycles. The van der Waals surface area contributed by atoms with Gasteiger partial charge in [0.2, 0.25) is 0 Å². The van der Waals surface area contributed by atoms with Crippen molar-refractivity contribution in [3.8, 4) is 11.4 Å². The number of rotatable bonds is 2. The van der Waals surface area contributed by atoms with Gasteiger partial charge >= 0.3 is 0 Å². The predicted octanol–water partition coefficient (Wildman–Crippen LogP) is 3.51. The second-order valence-corrected chi connectivity index (χ2v) is 4.21. The predicted molar refractivity (Wildman–Crippen MR) is 67.3 cm³/mol. The molecule has 1 aromatic carbocycles. The molecule has 0 radical (unpaired) electrons. The van der Waals surface area contributed by atoms with Crippen molar-refractivity contribution in [3.63, 3.8) is 0 Å². The van der Waals surface area contributed by atoms with E-state index in [0.717, 1.165) is 17.1 Å². The number of halogens is 1. The third kappa shape index (κ3) is 1.86. The van der Waals surface area contributed by atoms with Crippen LogP contribution in [-0.4, -0.2) is 16.7 Å². The fourth-order valence-corrected chi connectivity index (χ4v) is 2.06. The molecule has 0 amide bonds. The van der Waals surface area contributed by atoms with E-state index in [0.29, 0.717) is 9.79 Å². The molecule has 5 heteroatoms. The quantitative estimate of drug-likeness (QED) is 0.832. The maximum atomic E-state index is 5.98. The van der Waals surface area contributed by atoms with Crippen LogP contribution in [0.2, 0.25) is 5.02 Å². The number of nitrogens with one attached hydrogen (secondary N) is 1. The van der Waals surface area contributed by atoms with Crippen molar-refractivity contribution in [1.82, 2.24) is 9.55 Å². The van der Waals surface area contributed by atoms with Gasteiger partial charge in [-0.15, -0.1) is 0 Å². The van der Waals surface area contributed by atoms with E-state index in [1.54, 1.807) is 13.2 Å². The summed E-state index contributed by atoms with van der Waals surface area (Å²) in [6, 6.07) is 5.44. The molecular weight excluding hydrogens is 244 g/mol. The normalized spacial score (nSPS) is 10.4. The lowest BCUT2D eigenvalue weighted by Gasteiger charge is -2.11. The van der Waals surface area contributed by atoms with E-state index in [1.807, 2.05) is 29.8 Å². The summed E-state index contributed by atoms with van der Waals surface area (Å²) in [5.41, 5.74) is 1.85. The molecule has 0 unspecified atom stereocenters. The number of hydrogen-bond donors (Lipinski definition) is 1. The number of hydrogen-bond acceptors (Lipinski definition) is 2. The standard InChI is InChI=1S/C11H11ClN2OS/c1-7-6-13-11(16)14(7)9-5-8(12)3-4-10(9)15-2/h3-6H,1-2H3,(H,13,16). The average Bonchev–Trinajstić information content (AvgIpc) is 2.58. The number of ether oxygens (including phenoxy) is 1. The molecule has 1 N–H and O–H groups in total. The Morgan fingerprint density at radius 3 is 2.75 bits per heavy atom. The van der Waals surface area contributed by atoms with Gasteiger partial charge in [0.1, 0.15) is 5.75 Å². The van der Waals surface area contributed by atoms with Crippen molar-refractivity contribution in [2.75, 3.05) is 7.11 Å². The van der Waals surface area contributed by atoms with Crippen LogP contribution in [0.15, 0.2) is 24.4 Å². The van der Waals surface area contributed by atoms with Crippen LogP contribution in [0.5, 0.6) is 5.75 Å². The first kappa shape index (κ1) is 11.2. The summed E-state index contributed by atoms with van der Waals surface area (Å²) in [7, 11) is 1.62. The Morgan fingerprint density at radius 1 is 1.44 bits per heavy atom. The van der Waals surface area contributed by atoms with Crippen LogP contribution in [0.25, 0.3) is 5.69 Å². The minimum Gasteiger partial charge on any atom is -0.495 e. The minimum atomic E-state index is 0.623. The van der Waals surface area contributed by atoms with Crippen LogP contribution in [-0.2, 0) is 0 Å². The molecule has 0 aliphatic rings. The molecule has 84 valence electrons. The first-order valence-corrected chi connectivity index (χ1v) is 5.53. The number of H-pyrrole nitrogens is 1. The monoisotopic (exact) mass is 254 g/mol. The van der Waals surface area contributed by atoms with Crippen LogP contribution in [0.1, 0.15) is 5.69 Å². The van der Waals surface area contributed by atoms with Gasteiger partial charge in [-0.05, 0) is 37.3 Å². The van der Waals surface area contributed by atoms with Crippen molar-refractivity contribution in [2.45, 2.75) is 6.92 Å². The van der Waals surface area contributed by atoms with Crippen LogP contribution >= 0.6 is 23.8 Å². The zero-order valence-electron chi connectivity index (χ0n) is 8.95. The van der Waals surface area contributed by atoms with E-state index < -0.39 is 0 Å². The zero-order valence-corrected chi connectivity index (χ0v) is 10.5. The van der Waals surface area contributed by atoms with E-state index in [2.05, 4.69) is 4.98 Å². The zero-order chi connectivity index (χ0) is 11.7. The molecule has 0 saturated heterocycles. The van der Waals surface area contributed by atoms with Crippen molar-refractivity contribution in [2.24, 2.45) is 0 Å². The summed E-state index contributed by atoms with van der Waals surface area (Å²) in [4.78, 5) is 2.99. The van der Waals surface area contributed by atoms with E-state index >= 15 is 0 Å². The Morgan fingerprint density at radius 2 is 2.19 bits per heavy atom. The number of aromatic amines is 1. The average molecular weight is 255 g/mol. The van der Waals surface area contributed by atoms with E-state index in [1.165, 1.54) is 0 Å². The van der Waals surface area contributed by atoms with Crippen molar-refractivity contribution in [3.05, 3.63) is 39.9 Å². The number of benzene rings is 1. The Hall–Kier alpha value is -1.26. The van der Waals surface area contributed by atoms with Gasteiger partial charge in [0.05, 0.1) is 12.8 Å². The highest BCUT2D eigenvalue weighted by atomic mass is 35.5. The highest BCUT2D eigenvalue weighted by molar-refractivity contribution is 7.71. The number of aryl methyl sites for hydroxylation is 1. The largest absolute Gasteiger partial charge is 0.495 e. The highest BCUT2D eigenvalue weighted by Gasteiger charge is 2.09. The molecule has 0 aliphatic heterocycles. The molecule has 16 heavy (non-hydrogen) atoms. The van der Waals surface area contributed by atoms with Crippen LogP contribution in [0, 0.1) is 11.7 Å². The second-order valence-electron chi connectivity index (χ2n) is 3.39. The highest BCUT2D eigenvalue weighted by Crippen LogP contribution is 2.27. The van der Waals surface area contributed by atoms with Crippen LogP contribution in [0.4, 0.5) is 0 Å². The van der Waals surface area contributed by atoms with Gasteiger partial charge in [0.25, 0.3) is 0 Å². The Balaban J connectivity index is 2.72. The first-order chi connectivity index (χ1) is 7.63. The number of imidazole rings is 1. The van der Waals surface area contributed by atoms with Gasteiger partial charge in [-0.3, -0.25) is 4.57 Å². The molecule has 0 atom stereocenters. The van der Waals surface area contributed by atoms with Crippen molar-refractivity contribution < 1.29 is 4.74 Å². The summed E-state index contributed by atoms with van der Waals surface area (Å²) in [6.07, 6.45) is 1.85. The molecule has 2 aromatic rings. The molecular formula is C11H11ClN2OS. The molecule has 2 rings (SSSR count). The Labute approximate surface area is 104 Å². The molecule has 0 fully saturated rings. The molecule has 0 bridgehead atoms. The summed E-state index contributed by atoms with van der Waals surface area (Å²) in [5.74, 6) is 0.739. The van der Waals surface area contributed by atoms with Gasteiger partial charge in [0.15, 0.2) is 4.77 Å². The van der Waals surface area contributed by atoms with E-state index in [-0.39, 0.29) is 0 Å². The Kier molecular flexibility index (Phi) is 3.03. The maximum Gasteiger partial charge on any atom is 0.182 e. The molecule has 0 spiro atoms. The third-order valence-corrected chi connectivity index (χ3v) is 2.88. The fraction of sp³-hybridized carbons (Fsp3) is 0.182. The summed E-state index contributed by atoms with van der Waals surface area (Å²) >= 11 is 11.2. The third-order valence-electron chi connectivity index (χ3n) is 2.34. The van der Waals surface area contributed by atoms with Gasteiger partial charge < -0.3 is 9.72 Å². The second kappa shape index (κ2) is 4.31. The van der Waals surface area contributed by atoms with Gasteiger partial charge in [-0.1, -0.05) is 11.6 Å². The lowest BCUT2D eigenvalue weighted by molar-refractivity contribution is 0.412. The van der Waals surface area contributed by atoms with Crippen molar-refractivity contribution >= 4 is 23.8 Å². The minimum absolute atomic E-state index is 0.623. The number of nitrogens with zero attached hydrogens (tertiary/aromatic N) is 1. The fourth-order valence-electron chi connectivity index (χ4n) is 1.59. The van der Waals surface area contributed by atoms with Crippen LogP contribution in [0.3, 0.4) is 0 Å². The maximum absolute atomic E-state index is 5.98. The van der Waals surface area contributed by atoms with Crippen LogP contribution < -0.4 is 4.74 Å². The van der Waals surface area contributed by atoms with E-state index in [4.69, 9.17) is 28.6 Å².